The predicted octanol–water partition coefficient (Wildman–Crippen LogP) is 4.41. The summed E-state index contributed by atoms with van der Waals surface area (Å²) in [5, 5.41) is 3.16. The highest BCUT2D eigenvalue weighted by Gasteiger charge is 2.38. The van der Waals surface area contributed by atoms with E-state index in [2.05, 4.69) is 25.7 Å². The van der Waals surface area contributed by atoms with E-state index >= 15 is 0 Å². The Labute approximate surface area is 171 Å². The molecule has 150 valence electrons. The Morgan fingerprint density at radius 1 is 1.10 bits per heavy atom. The number of benzene rings is 2. The lowest BCUT2D eigenvalue weighted by atomic mass is 10.0. The largest absolute Gasteiger partial charge is 0.493 e. The molecule has 1 aliphatic heterocycles. The summed E-state index contributed by atoms with van der Waals surface area (Å²) >= 11 is 0. The second-order valence-electron chi connectivity index (χ2n) is 7.48. The van der Waals surface area contributed by atoms with Gasteiger partial charge in [-0.1, -0.05) is 44.2 Å². The Balaban J connectivity index is 1.97. The highest BCUT2D eigenvalue weighted by atomic mass is 16.5. The van der Waals surface area contributed by atoms with Gasteiger partial charge in [0.2, 0.25) is 0 Å². The molecule has 0 atom stereocenters. The summed E-state index contributed by atoms with van der Waals surface area (Å²) < 4.78 is 5.72. The molecule has 0 aliphatic carbocycles. The van der Waals surface area contributed by atoms with E-state index in [9.17, 15) is 9.59 Å². The molecule has 29 heavy (non-hydrogen) atoms. The van der Waals surface area contributed by atoms with E-state index in [1.807, 2.05) is 55.5 Å². The third kappa shape index (κ3) is 4.57. The molecular weight excluding hydrogens is 364 g/mol. The average Bonchev–Trinajstić information content (AvgIpc) is 2.91. The Bertz CT molecular complexity index is 958. The fourth-order valence-corrected chi connectivity index (χ4v) is 3.10. The quantitative estimate of drug-likeness (QED) is 0.536. The molecule has 0 fully saturated rings. The van der Waals surface area contributed by atoms with Crippen molar-refractivity contribution in [1.29, 1.82) is 0 Å². The highest BCUT2D eigenvalue weighted by molar-refractivity contribution is 6.36. The summed E-state index contributed by atoms with van der Waals surface area (Å²) in [6.45, 7) is 10.6. The van der Waals surface area contributed by atoms with Crippen LogP contribution in [0.4, 0.5) is 5.69 Å². The van der Waals surface area contributed by atoms with E-state index < -0.39 is 0 Å². The van der Waals surface area contributed by atoms with Gasteiger partial charge in [0.1, 0.15) is 11.4 Å². The van der Waals surface area contributed by atoms with Crippen molar-refractivity contribution in [3.63, 3.8) is 0 Å². The van der Waals surface area contributed by atoms with Gasteiger partial charge in [0.25, 0.3) is 11.8 Å². The van der Waals surface area contributed by atoms with Crippen LogP contribution >= 0.6 is 0 Å². The summed E-state index contributed by atoms with van der Waals surface area (Å²) in [5.74, 6) is 0.465. The number of hydrogen-bond acceptors (Lipinski definition) is 4. The van der Waals surface area contributed by atoms with Crippen LogP contribution in [0.1, 0.15) is 25.0 Å². The van der Waals surface area contributed by atoms with Crippen molar-refractivity contribution in [3.8, 4) is 5.75 Å². The first-order chi connectivity index (χ1) is 13.9. The molecule has 0 saturated carbocycles. The van der Waals surface area contributed by atoms with Crippen LogP contribution in [0.5, 0.6) is 5.75 Å². The minimum absolute atomic E-state index is 0.162. The maximum absolute atomic E-state index is 13.0. The number of imide groups is 1. The van der Waals surface area contributed by atoms with E-state index in [0.717, 1.165) is 17.0 Å². The monoisotopic (exact) mass is 390 g/mol. The zero-order chi connectivity index (χ0) is 21.0. The van der Waals surface area contributed by atoms with Gasteiger partial charge in [-0.25, -0.2) is 0 Å². The highest BCUT2D eigenvalue weighted by Crippen LogP contribution is 2.31. The molecule has 5 heteroatoms. The van der Waals surface area contributed by atoms with Crippen molar-refractivity contribution in [1.82, 2.24) is 4.90 Å². The normalized spacial score (nSPS) is 14.0. The van der Waals surface area contributed by atoms with E-state index in [4.69, 9.17) is 4.74 Å². The molecule has 2 aromatic rings. The Morgan fingerprint density at radius 3 is 2.45 bits per heavy atom. The van der Waals surface area contributed by atoms with E-state index in [1.54, 1.807) is 6.08 Å². The molecule has 0 saturated heterocycles. The molecule has 5 nitrogen and oxygen atoms in total. The van der Waals surface area contributed by atoms with Gasteiger partial charge in [-0.2, -0.15) is 0 Å². The first-order valence-corrected chi connectivity index (χ1v) is 9.69. The van der Waals surface area contributed by atoms with Gasteiger partial charge in [-0.3, -0.25) is 14.5 Å². The zero-order valence-corrected chi connectivity index (χ0v) is 17.1. The maximum atomic E-state index is 13.0. The lowest BCUT2D eigenvalue weighted by molar-refractivity contribution is -0.136. The van der Waals surface area contributed by atoms with Gasteiger partial charge in [-0.05, 0) is 48.2 Å². The first-order valence-electron chi connectivity index (χ1n) is 9.69. The summed E-state index contributed by atoms with van der Waals surface area (Å²) in [7, 11) is 0. The second-order valence-corrected chi connectivity index (χ2v) is 7.48. The zero-order valence-electron chi connectivity index (χ0n) is 17.1. The first kappa shape index (κ1) is 20.4. The number of carbonyl (C=O) groups excluding carboxylic acids is 2. The number of nitrogens with one attached hydrogen (secondary N) is 1. The fraction of sp³-hybridized carbons (Fsp3) is 0.250. The second kappa shape index (κ2) is 8.78. The van der Waals surface area contributed by atoms with Crippen molar-refractivity contribution >= 4 is 23.1 Å². The van der Waals surface area contributed by atoms with Gasteiger partial charge in [-0.15, -0.1) is 6.58 Å². The molecule has 1 N–H and O–H groups in total. The molecule has 0 unspecified atom stereocenters. The maximum Gasteiger partial charge on any atom is 0.278 e. The number of nitrogens with zero attached hydrogens (tertiary/aromatic N) is 1. The third-order valence-electron chi connectivity index (χ3n) is 4.49. The number of anilines is 1. The van der Waals surface area contributed by atoms with Crippen molar-refractivity contribution in [2.24, 2.45) is 5.92 Å². The topological polar surface area (TPSA) is 58.6 Å². The minimum Gasteiger partial charge on any atom is -0.493 e. The summed E-state index contributed by atoms with van der Waals surface area (Å²) in [4.78, 5) is 27.1. The van der Waals surface area contributed by atoms with Gasteiger partial charge in [0.15, 0.2) is 0 Å². The number of hydrogen-bond donors (Lipinski definition) is 1. The van der Waals surface area contributed by atoms with E-state index in [0.29, 0.717) is 23.7 Å². The lowest BCUT2D eigenvalue weighted by Gasteiger charge is -2.12. The van der Waals surface area contributed by atoms with Crippen LogP contribution < -0.4 is 10.1 Å². The smallest absolute Gasteiger partial charge is 0.278 e. The molecule has 0 spiro atoms. The van der Waals surface area contributed by atoms with Crippen LogP contribution in [0.25, 0.3) is 5.57 Å². The number of ether oxygens (including phenoxy) is 1. The molecule has 1 aliphatic rings. The van der Waals surface area contributed by atoms with Crippen LogP contribution in [0.2, 0.25) is 0 Å². The number of rotatable bonds is 8. The molecular formula is C24H26N2O3. The van der Waals surface area contributed by atoms with Crippen LogP contribution in [0.3, 0.4) is 0 Å². The van der Waals surface area contributed by atoms with Gasteiger partial charge in [0.05, 0.1) is 12.2 Å². The Morgan fingerprint density at radius 2 is 1.83 bits per heavy atom. The summed E-state index contributed by atoms with van der Waals surface area (Å²) in [6.07, 6.45) is 1.55. The summed E-state index contributed by atoms with van der Waals surface area (Å²) in [6, 6.07) is 14.9. The number of aryl methyl sites for hydroxylation is 1. The van der Waals surface area contributed by atoms with Gasteiger partial charge < -0.3 is 10.1 Å². The van der Waals surface area contributed by atoms with Crippen molar-refractivity contribution < 1.29 is 14.3 Å². The number of amides is 2. The Kier molecular flexibility index (Phi) is 6.17. The fourth-order valence-electron chi connectivity index (χ4n) is 3.10. The minimum atomic E-state index is -0.355. The average molecular weight is 390 g/mol. The molecule has 2 aromatic carbocycles. The van der Waals surface area contributed by atoms with Crippen LogP contribution in [-0.2, 0) is 9.59 Å². The van der Waals surface area contributed by atoms with Crippen LogP contribution in [-0.4, -0.2) is 29.9 Å². The standard InChI is InChI=1S/C24H26N2O3/c1-5-13-26-23(27)21(18-9-11-20(12-10-18)29-15-16(2)3)22(24(26)28)25-19-8-6-7-17(4)14-19/h5-12,14,16,25H,1,13,15H2,2-4H3. The molecule has 0 bridgehead atoms. The van der Waals surface area contributed by atoms with E-state index in [1.165, 1.54) is 4.90 Å². The van der Waals surface area contributed by atoms with Gasteiger partial charge >= 0.3 is 0 Å². The lowest BCUT2D eigenvalue weighted by Crippen LogP contribution is -2.32. The van der Waals surface area contributed by atoms with Crippen molar-refractivity contribution in [2.75, 3.05) is 18.5 Å². The summed E-state index contributed by atoms with van der Waals surface area (Å²) in [5.41, 5.74) is 3.12. The van der Waals surface area contributed by atoms with Gasteiger partial charge in [0, 0.05) is 12.2 Å². The Hall–Kier alpha value is -3.34. The molecule has 2 amide bonds. The van der Waals surface area contributed by atoms with Crippen molar-refractivity contribution in [2.45, 2.75) is 20.8 Å². The molecule has 0 aromatic heterocycles. The van der Waals surface area contributed by atoms with Crippen LogP contribution in [0.15, 0.2) is 66.9 Å². The molecule has 0 radical (unpaired) electrons. The molecule has 1 heterocycles. The van der Waals surface area contributed by atoms with Crippen molar-refractivity contribution in [3.05, 3.63) is 78.0 Å². The van der Waals surface area contributed by atoms with E-state index in [-0.39, 0.29) is 24.1 Å². The number of carbonyl (C=O) groups is 2. The van der Waals surface area contributed by atoms with Crippen LogP contribution in [0, 0.1) is 12.8 Å². The SMILES string of the molecule is C=CCN1C(=O)C(Nc2cccc(C)c2)=C(c2ccc(OCC(C)C)cc2)C1=O. The molecule has 3 rings (SSSR count). The third-order valence-corrected chi connectivity index (χ3v) is 4.49. The predicted molar refractivity (Wildman–Crippen MR) is 115 cm³/mol.